The number of nitrogens with zero attached hydrogens (tertiary/aromatic N) is 1. The highest BCUT2D eigenvalue weighted by Crippen LogP contribution is 2.36. The summed E-state index contributed by atoms with van der Waals surface area (Å²) in [5, 5.41) is 3.03. The van der Waals surface area contributed by atoms with Crippen LogP contribution in [0.25, 0.3) is 0 Å². The molecule has 1 N–H and O–H groups in total. The molecule has 0 radical (unpaired) electrons. The van der Waals surface area contributed by atoms with Gasteiger partial charge in [-0.25, -0.2) is 0 Å². The molecule has 1 aliphatic carbocycles. The van der Waals surface area contributed by atoms with Crippen molar-refractivity contribution in [2.75, 3.05) is 32.8 Å². The Hall–Kier alpha value is -1.59. The molecule has 28 heavy (non-hydrogen) atoms. The van der Waals surface area contributed by atoms with Crippen molar-refractivity contribution in [2.24, 2.45) is 0 Å². The second-order valence-electron chi connectivity index (χ2n) is 8.52. The summed E-state index contributed by atoms with van der Waals surface area (Å²) in [7, 11) is 0. The minimum absolute atomic E-state index is 0.121. The van der Waals surface area contributed by atoms with E-state index in [-0.39, 0.29) is 5.91 Å². The van der Waals surface area contributed by atoms with E-state index in [0.717, 1.165) is 56.1 Å². The number of likely N-dealkylation sites (tertiary alicyclic amines) is 1. The maximum absolute atomic E-state index is 12.8. The van der Waals surface area contributed by atoms with Crippen molar-refractivity contribution in [3.05, 3.63) is 29.8 Å². The molecule has 0 aromatic heterocycles. The summed E-state index contributed by atoms with van der Waals surface area (Å²) < 4.78 is 11.8. The predicted octanol–water partition coefficient (Wildman–Crippen LogP) is 3.27. The highest BCUT2D eigenvalue weighted by molar-refractivity contribution is 5.88. The van der Waals surface area contributed by atoms with Gasteiger partial charge in [0.25, 0.3) is 0 Å². The molecule has 3 fully saturated rings. The number of hydrogen-bond acceptors (Lipinski definition) is 4. The number of hydrogen-bond donors (Lipinski definition) is 1. The van der Waals surface area contributed by atoms with Gasteiger partial charge in [0.15, 0.2) is 0 Å². The van der Waals surface area contributed by atoms with Gasteiger partial charge in [0.05, 0.1) is 5.41 Å². The quantitative estimate of drug-likeness (QED) is 0.815. The lowest BCUT2D eigenvalue weighted by Gasteiger charge is -2.41. The Morgan fingerprint density at radius 1 is 1.14 bits per heavy atom. The first-order valence-electron chi connectivity index (χ1n) is 11.1. The van der Waals surface area contributed by atoms with E-state index in [1.807, 2.05) is 19.1 Å². The number of nitrogens with one attached hydrogen (secondary N) is 1. The van der Waals surface area contributed by atoms with Crippen molar-refractivity contribution in [1.82, 2.24) is 10.2 Å². The zero-order chi connectivity index (χ0) is 19.4. The van der Waals surface area contributed by atoms with Crippen molar-refractivity contribution in [2.45, 2.75) is 69.4 Å². The predicted molar refractivity (Wildman–Crippen MR) is 110 cm³/mol. The third-order valence-corrected chi connectivity index (χ3v) is 6.90. The van der Waals surface area contributed by atoms with Gasteiger partial charge in [-0.05, 0) is 63.1 Å². The van der Waals surface area contributed by atoms with E-state index in [0.29, 0.717) is 25.9 Å². The summed E-state index contributed by atoms with van der Waals surface area (Å²) >= 11 is 0. The molecule has 0 unspecified atom stereocenters. The average molecular weight is 387 g/mol. The largest absolute Gasteiger partial charge is 0.490 e. The normalized spacial score (nSPS) is 23.8. The Morgan fingerprint density at radius 2 is 1.82 bits per heavy atom. The fourth-order valence-corrected chi connectivity index (χ4v) is 4.85. The molecule has 1 amide bonds. The molecule has 1 saturated carbocycles. The fourth-order valence-electron chi connectivity index (χ4n) is 4.85. The number of amides is 1. The topological polar surface area (TPSA) is 50.8 Å². The molecule has 0 bridgehead atoms. The van der Waals surface area contributed by atoms with Crippen molar-refractivity contribution in [3.63, 3.8) is 0 Å². The van der Waals surface area contributed by atoms with Crippen LogP contribution >= 0.6 is 0 Å². The van der Waals surface area contributed by atoms with Gasteiger partial charge in [-0.3, -0.25) is 4.79 Å². The maximum Gasteiger partial charge on any atom is 0.230 e. The van der Waals surface area contributed by atoms with E-state index >= 15 is 0 Å². The Kier molecular flexibility index (Phi) is 6.22. The first-order chi connectivity index (χ1) is 13.7. The lowest BCUT2D eigenvalue weighted by atomic mass is 9.73. The molecular weight excluding hydrogens is 352 g/mol. The van der Waals surface area contributed by atoms with Crippen LogP contribution in [0.2, 0.25) is 0 Å². The van der Waals surface area contributed by atoms with Crippen LogP contribution in [-0.2, 0) is 14.9 Å². The highest BCUT2D eigenvalue weighted by Gasteiger charge is 2.41. The standard InChI is InChI=1S/C23H34N2O3/c1-2-24-22(26)23(12-16-27-17-13-23)18-6-8-20(9-7-18)28-21-10-14-25(15-11-21)19-4-3-5-19/h6-9,19,21H,2-5,10-17H2,1H3,(H,24,26). The van der Waals surface area contributed by atoms with Gasteiger partial charge in [-0.15, -0.1) is 0 Å². The number of ether oxygens (including phenoxy) is 2. The molecule has 5 nitrogen and oxygen atoms in total. The first-order valence-corrected chi connectivity index (χ1v) is 11.1. The van der Waals surface area contributed by atoms with Crippen LogP contribution in [0.3, 0.4) is 0 Å². The van der Waals surface area contributed by atoms with Crippen LogP contribution in [0.5, 0.6) is 5.75 Å². The summed E-state index contributed by atoms with van der Waals surface area (Å²) in [4.78, 5) is 15.5. The van der Waals surface area contributed by atoms with E-state index in [9.17, 15) is 4.79 Å². The maximum atomic E-state index is 12.8. The second-order valence-corrected chi connectivity index (χ2v) is 8.52. The smallest absolute Gasteiger partial charge is 0.230 e. The molecule has 0 spiro atoms. The molecule has 3 aliphatic rings. The average Bonchev–Trinajstić information content (AvgIpc) is 2.69. The summed E-state index contributed by atoms with van der Waals surface area (Å²) in [5.74, 6) is 1.04. The van der Waals surface area contributed by atoms with Crippen molar-refractivity contribution >= 4 is 5.91 Å². The number of benzene rings is 1. The van der Waals surface area contributed by atoms with Crippen LogP contribution in [0.4, 0.5) is 0 Å². The molecule has 1 aromatic carbocycles. The van der Waals surface area contributed by atoms with Gasteiger partial charge in [-0.2, -0.15) is 0 Å². The van der Waals surface area contributed by atoms with Crippen LogP contribution < -0.4 is 10.1 Å². The molecule has 2 heterocycles. The van der Waals surface area contributed by atoms with Crippen molar-refractivity contribution < 1.29 is 14.3 Å². The van der Waals surface area contributed by atoms with Gasteiger partial charge >= 0.3 is 0 Å². The zero-order valence-electron chi connectivity index (χ0n) is 17.1. The van der Waals surface area contributed by atoms with Gasteiger partial charge in [0.1, 0.15) is 11.9 Å². The van der Waals surface area contributed by atoms with Crippen molar-refractivity contribution in [3.8, 4) is 5.75 Å². The van der Waals surface area contributed by atoms with Gasteiger partial charge in [0.2, 0.25) is 5.91 Å². The third-order valence-electron chi connectivity index (χ3n) is 6.90. The number of carbonyl (C=O) groups is 1. The summed E-state index contributed by atoms with van der Waals surface area (Å²) in [6.45, 7) is 6.21. The molecule has 4 rings (SSSR count). The van der Waals surface area contributed by atoms with Gasteiger partial charge < -0.3 is 19.7 Å². The molecule has 154 valence electrons. The number of carbonyl (C=O) groups excluding carboxylic acids is 1. The third kappa shape index (κ3) is 4.06. The molecule has 1 aromatic rings. The minimum Gasteiger partial charge on any atom is -0.490 e. The zero-order valence-corrected chi connectivity index (χ0v) is 17.1. The lowest BCUT2D eigenvalue weighted by Crippen LogP contribution is -2.48. The van der Waals surface area contributed by atoms with E-state index in [4.69, 9.17) is 9.47 Å². The van der Waals surface area contributed by atoms with E-state index in [1.165, 1.54) is 19.3 Å². The van der Waals surface area contributed by atoms with Crippen LogP contribution in [0.15, 0.2) is 24.3 Å². The monoisotopic (exact) mass is 386 g/mol. The Balaban J connectivity index is 1.38. The molecule has 2 saturated heterocycles. The van der Waals surface area contributed by atoms with E-state index in [1.54, 1.807) is 0 Å². The van der Waals surface area contributed by atoms with E-state index < -0.39 is 5.41 Å². The summed E-state index contributed by atoms with van der Waals surface area (Å²) in [6.07, 6.45) is 8.16. The Morgan fingerprint density at radius 3 is 2.39 bits per heavy atom. The molecule has 2 aliphatic heterocycles. The summed E-state index contributed by atoms with van der Waals surface area (Å²) in [5.41, 5.74) is 0.606. The van der Waals surface area contributed by atoms with Crippen LogP contribution in [0, 0.1) is 0 Å². The van der Waals surface area contributed by atoms with Gasteiger partial charge in [-0.1, -0.05) is 18.6 Å². The number of piperidine rings is 1. The molecule has 0 atom stereocenters. The number of likely N-dealkylation sites (N-methyl/N-ethyl adjacent to an activating group) is 1. The Bertz CT molecular complexity index is 642. The molecule has 5 heteroatoms. The van der Waals surface area contributed by atoms with E-state index in [2.05, 4.69) is 22.3 Å². The number of rotatable bonds is 6. The van der Waals surface area contributed by atoms with Crippen molar-refractivity contribution in [1.29, 1.82) is 0 Å². The second kappa shape index (κ2) is 8.83. The summed E-state index contributed by atoms with van der Waals surface area (Å²) in [6, 6.07) is 9.09. The van der Waals surface area contributed by atoms with Crippen LogP contribution in [0.1, 0.15) is 57.4 Å². The first kappa shape index (κ1) is 19.7. The van der Waals surface area contributed by atoms with Gasteiger partial charge in [0, 0.05) is 38.9 Å². The van der Waals surface area contributed by atoms with Crippen LogP contribution in [-0.4, -0.2) is 55.8 Å². The highest BCUT2D eigenvalue weighted by atomic mass is 16.5. The molecular formula is C23H34N2O3. The lowest BCUT2D eigenvalue weighted by molar-refractivity contribution is -0.130. The SMILES string of the molecule is CCNC(=O)C1(c2ccc(OC3CCN(C4CCC4)CC3)cc2)CCOCC1. The minimum atomic E-state index is -0.471. The Labute approximate surface area is 168 Å². The fraction of sp³-hybridized carbons (Fsp3) is 0.696.